The molecule has 2 amide bonds. The van der Waals surface area contributed by atoms with Crippen molar-refractivity contribution in [3.63, 3.8) is 0 Å². The van der Waals surface area contributed by atoms with E-state index in [-0.39, 0.29) is 10.9 Å². The number of amides is 2. The normalized spacial score (nSPS) is 12.3. The SMILES string of the molecule is NS(=O)(=O)c1ccc(NC(=O)NC(c2ccccc2)c2cccs2)cc1. The van der Waals surface area contributed by atoms with Crippen LogP contribution in [-0.2, 0) is 10.0 Å². The van der Waals surface area contributed by atoms with E-state index in [9.17, 15) is 13.2 Å². The molecule has 0 aliphatic heterocycles. The maximum atomic E-state index is 12.4. The molecule has 0 saturated carbocycles. The maximum absolute atomic E-state index is 12.4. The van der Waals surface area contributed by atoms with Crippen LogP contribution >= 0.6 is 11.3 Å². The fraction of sp³-hybridized carbons (Fsp3) is 0.0556. The monoisotopic (exact) mass is 387 g/mol. The fourth-order valence-electron chi connectivity index (χ4n) is 2.45. The lowest BCUT2D eigenvalue weighted by Crippen LogP contribution is -2.32. The van der Waals surface area contributed by atoms with Crippen LogP contribution in [0.2, 0.25) is 0 Å². The summed E-state index contributed by atoms with van der Waals surface area (Å²) in [5.74, 6) is 0. The molecule has 1 unspecified atom stereocenters. The maximum Gasteiger partial charge on any atom is 0.320 e. The van der Waals surface area contributed by atoms with Gasteiger partial charge in [-0.25, -0.2) is 18.4 Å². The first kappa shape index (κ1) is 18.1. The predicted octanol–water partition coefficient (Wildman–Crippen LogP) is 3.31. The van der Waals surface area contributed by atoms with Crippen molar-refractivity contribution < 1.29 is 13.2 Å². The molecule has 6 nitrogen and oxygen atoms in total. The van der Waals surface area contributed by atoms with Crippen molar-refractivity contribution in [2.45, 2.75) is 10.9 Å². The van der Waals surface area contributed by atoms with E-state index < -0.39 is 16.1 Å². The molecule has 0 aliphatic carbocycles. The lowest BCUT2D eigenvalue weighted by atomic mass is 10.1. The van der Waals surface area contributed by atoms with Crippen LogP contribution in [0.25, 0.3) is 0 Å². The van der Waals surface area contributed by atoms with Crippen molar-refractivity contribution in [2.75, 3.05) is 5.32 Å². The van der Waals surface area contributed by atoms with E-state index in [1.54, 1.807) is 11.3 Å². The van der Waals surface area contributed by atoms with E-state index in [0.717, 1.165) is 10.4 Å². The van der Waals surface area contributed by atoms with Crippen LogP contribution in [-0.4, -0.2) is 14.4 Å². The summed E-state index contributed by atoms with van der Waals surface area (Å²) in [5, 5.41) is 12.7. The summed E-state index contributed by atoms with van der Waals surface area (Å²) in [4.78, 5) is 13.4. The summed E-state index contributed by atoms with van der Waals surface area (Å²) in [6.45, 7) is 0. The third-order valence-corrected chi connectivity index (χ3v) is 5.54. The Hall–Kier alpha value is -2.68. The first-order chi connectivity index (χ1) is 12.4. The molecule has 3 aromatic rings. The molecule has 8 heteroatoms. The molecule has 0 radical (unpaired) electrons. The summed E-state index contributed by atoms with van der Waals surface area (Å²) >= 11 is 1.56. The molecular weight excluding hydrogens is 370 g/mol. The van der Waals surface area contributed by atoms with Crippen LogP contribution < -0.4 is 15.8 Å². The zero-order chi connectivity index (χ0) is 18.6. The Morgan fingerprint density at radius 2 is 1.65 bits per heavy atom. The van der Waals surface area contributed by atoms with E-state index in [1.807, 2.05) is 47.8 Å². The number of thiophene rings is 1. The number of urea groups is 1. The Morgan fingerprint density at radius 1 is 0.962 bits per heavy atom. The highest BCUT2D eigenvalue weighted by molar-refractivity contribution is 7.89. The average Bonchev–Trinajstić information content (AvgIpc) is 3.14. The second kappa shape index (κ2) is 7.69. The predicted molar refractivity (Wildman–Crippen MR) is 103 cm³/mol. The largest absolute Gasteiger partial charge is 0.326 e. The fourth-order valence-corrected chi connectivity index (χ4v) is 3.76. The van der Waals surface area contributed by atoms with Gasteiger partial charge in [0.05, 0.1) is 10.9 Å². The van der Waals surface area contributed by atoms with Gasteiger partial charge in [0.2, 0.25) is 10.0 Å². The minimum atomic E-state index is -3.76. The van der Waals surface area contributed by atoms with Crippen LogP contribution in [0.5, 0.6) is 0 Å². The number of benzene rings is 2. The first-order valence-electron chi connectivity index (χ1n) is 7.72. The highest BCUT2D eigenvalue weighted by atomic mass is 32.2. The number of rotatable bonds is 5. The number of carbonyl (C=O) groups excluding carboxylic acids is 1. The molecule has 134 valence electrons. The van der Waals surface area contributed by atoms with Crippen LogP contribution in [0, 0.1) is 0 Å². The van der Waals surface area contributed by atoms with Gasteiger partial charge in [-0.3, -0.25) is 0 Å². The third kappa shape index (κ3) is 4.48. The van der Waals surface area contributed by atoms with E-state index in [0.29, 0.717) is 5.69 Å². The van der Waals surface area contributed by atoms with Gasteiger partial charge in [0.25, 0.3) is 0 Å². The van der Waals surface area contributed by atoms with Gasteiger partial charge < -0.3 is 10.6 Å². The van der Waals surface area contributed by atoms with E-state index >= 15 is 0 Å². The summed E-state index contributed by atoms with van der Waals surface area (Å²) < 4.78 is 22.6. The van der Waals surface area contributed by atoms with Crippen molar-refractivity contribution in [3.8, 4) is 0 Å². The van der Waals surface area contributed by atoms with Crippen LogP contribution in [0.15, 0.2) is 77.0 Å². The Morgan fingerprint density at radius 3 is 2.23 bits per heavy atom. The second-order valence-corrected chi connectivity index (χ2v) is 8.07. The van der Waals surface area contributed by atoms with Gasteiger partial charge in [0.1, 0.15) is 0 Å². The molecule has 0 saturated heterocycles. The summed E-state index contributed by atoms with van der Waals surface area (Å²) in [7, 11) is -3.76. The van der Waals surface area contributed by atoms with Gasteiger partial charge in [-0.1, -0.05) is 36.4 Å². The van der Waals surface area contributed by atoms with Gasteiger partial charge in [-0.05, 0) is 41.3 Å². The van der Waals surface area contributed by atoms with Crippen molar-refractivity contribution >= 4 is 33.1 Å². The van der Waals surface area contributed by atoms with E-state index in [4.69, 9.17) is 5.14 Å². The molecule has 0 aliphatic rings. The summed E-state index contributed by atoms with van der Waals surface area (Å²) in [6, 6.07) is 18.5. The molecule has 0 fully saturated rings. The van der Waals surface area contributed by atoms with E-state index in [2.05, 4.69) is 10.6 Å². The van der Waals surface area contributed by atoms with Gasteiger partial charge in [-0.2, -0.15) is 0 Å². The zero-order valence-corrected chi connectivity index (χ0v) is 15.3. The number of nitrogens with one attached hydrogen (secondary N) is 2. The Labute approximate surface area is 155 Å². The molecule has 1 aromatic heterocycles. The molecule has 3 rings (SSSR count). The Bertz CT molecular complexity index is 970. The zero-order valence-electron chi connectivity index (χ0n) is 13.6. The Kier molecular flexibility index (Phi) is 5.36. The first-order valence-corrected chi connectivity index (χ1v) is 10.1. The highest BCUT2D eigenvalue weighted by Gasteiger charge is 2.18. The number of anilines is 1. The third-order valence-electron chi connectivity index (χ3n) is 3.68. The minimum Gasteiger partial charge on any atom is -0.326 e. The minimum absolute atomic E-state index is 0.00999. The van der Waals surface area contributed by atoms with E-state index in [1.165, 1.54) is 24.3 Å². The standard InChI is InChI=1S/C18H17N3O3S2/c19-26(23,24)15-10-8-14(9-11-15)20-18(22)21-17(16-7-4-12-25-16)13-5-2-1-3-6-13/h1-12,17H,(H2,19,23,24)(H2,20,21,22). The quantitative estimate of drug-likeness (QED) is 0.626. The highest BCUT2D eigenvalue weighted by Crippen LogP contribution is 2.26. The van der Waals surface area contributed by atoms with Gasteiger partial charge >= 0.3 is 6.03 Å². The molecular formula is C18H17N3O3S2. The number of primary sulfonamides is 1. The lowest BCUT2D eigenvalue weighted by molar-refractivity contribution is 0.250. The van der Waals surface area contributed by atoms with Crippen molar-refractivity contribution in [1.82, 2.24) is 5.32 Å². The Balaban J connectivity index is 1.74. The number of sulfonamides is 1. The lowest BCUT2D eigenvalue weighted by Gasteiger charge is -2.18. The van der Waals surface area contributed by atoms with Gasteiger partial charge in [-0.15, -0.1) is 11.3 Å². The summed E-state index contributed by atoms with van der Waals surface area (Å²) in [6.07, 6.45) is 0. The molecule has 1 heterocycles. The molecule has 2 aromatic carbocycles. The van der Waals surface area contributed by atoms with Crippen LogP contribution in [0.3, 0.4) is 0 Å². The van der Waals surface area contributed by atoms with Crippen LogP contribution in [0.1, 0.15) is 16.5 Å². The average molecular weight is 387 g/mol. The van der Waals surface area contributed by atoms with Crippen molar-refractivity contribution in [3.05, 3.63) is 82.6 Å². The van der Waals surface area contributed by atoms with Crippen molar-refractivity contribution in [1.29, 1.82) is 0 Å². The molecule has 26 heavy (non-hydrogen) atoms. The number of hydrogen-bond donors (Lipinski definition) is 3. The number of carbonyl (C=O) groups is 1. The van der Waals surface area contributed by atoms with Gasteiger partial charge in [0, 0.05) is 10.6 Å². The molecule has 1 atom stereocenters. The number of hydrogen-bond acceptors (Lipinski definition) is 4. The van der Waals surface area contributed by atoms with Gasteiger partial charge in [0.15, 0.2) is 0 Å². The summed E-state index contributed by atoms with van der Waals surface area (Å²) in [5.41, 5.74) is 1.43. The topological polar surface area (TPSA) is 101 Å². The second-order valence-electron chi connectivity index (χ2n) is 5.53. The van der Waals surface area contributed by atoms with Crippen LogP contribution in [0.4, 0.5) is 10.5 Å². The molecule has 0 bridgehead atoms. The molecule has 0 spiro atoms. The smallest absolute Gasteiger partial charge is 0.320 e. The molecule has 4 N–H and O–H groups in total. The number of nitrogens with two attached hydrogens (primary N) is 1. The van der Waals surface area contributed by atoms with Crippen molar-refractivity contribution in [2.24, 2.45) is 5.14 Å².